The van der Waals surface area contributed by atoms with Gasteiger partial charge in [-0.2, -0.15) is 0 Å². The number of H-pyrrole nitrogens is 1. The van der Waals surface area contributed by atoms with E-state index in [2.05, 4.69) is 9.72 Å². The van der Waals surface area contributed by atoms with Gasteiger partial charge < -0.3 is 9.72 Å². The Morgan fingerprint density at radius 3 is 2.82 bits per heavy atom. The molecule has 1 aromatic carbocycles. The molecular formula is C11H8FNO2S2. The van der Waals surface area contributed by atoms with Gasteiger partial charge in [0.15, 0.2) is 3.95 Å². The number of aromatic amines is 1. The van der Waals surface area contributed by atoms with Gasteiger partial charge in [-0.1, -0.05) is 18.2 Å². The van der Waals surface area contributed by atoms with Crippen molar-refractivity contribution in [1.82, 2.24) is 4.98 Å². The molecule has 0 fully saturated rings. The molecule has 3 nitrogen and oxygen atoms in total. The molecule has 0 aliphatic heterocycles. The van der Waals surface area contributed by atoms with E-state index in [1.54, 1.807) is 18.2 Å². The molecule has 6 heteroatoms. The van der Waals surface area contributed by atoms with Crippen molar-refractivity contribution in [3.05, 3.63) is 39.7 Å². The van der Waals surface area contributed by atoms with Crippen molar-refractivity contribution in [2.75, 3.05) is 7.11 Å². The average Bonchev–Trinajstić information content (AvgIpc) is 2.71. The molecule has 17 heavy (non-hydrogen) atoms. The van der Waals surface area contributed by atoms with E-state index in [9.17, 15) is 9.18 Å². The highest BCUT2D eigenvalue weighted by atomic mass is 32.1. The molecule has 88 valence electrons. The summed E-state index contributed by atoms with van der Waals surface area (Å²) in [7, 11) is 1.27. The minimum Gasteiger partial charge on any atom is -0.464 e. The number of methoxy groups -OCH3 is 1. The molecule has 0 unspecified atom stereocenters. The Labute approximate surface area is 106 Å². The number of carbonyl (C=O) groups excluding carboxylic acids is 1. The summed E-state index contributed by atoms with van der Waals surface area (Å²) in [6.07, 6.45) is 0. The minimum atomic E-state index is -0.560. The van der Waals surface area contributed by atoms with Crippen LogP contribution in [0.25, 0.3) is 10.4 Å². The number of halogens is 1. The second-order valence-electron chi connectivity index (χ2n) is 3.19. The fraction of sp³-hybridized carbons (Fsp3) is 0.0909. The molecule has 0 bridgehead atoms. The third kappa shape index (κ3) is 2.27. The summed E-state index contributed by atoms with van der Waals surface area (Å²) >= 11 is 6.11. The Bertz CT molecular complexity index is 618. The first kappa shape index (κ1) is 11.9. The van der Waals surface area contributed by atoms with Gasteiger partial charge in [-0.25, -0.2) is 9.18 Å². The Kier molecular flexibility index (Phi) is 3.35. The molecule has 0 spiro atoms. The van der Waals surface area contributed by atoms with Gasteiger partial charge >= 0.3 is 5.97 Å². The molecule has 1 aromatic heterocycles. The first-order valence-electron chi connectivity index (χ1n) is 4.70. The predicted octanol–water partition coefficient (Wildman–Crippen LogP) is 3.40. The Morgan fingerprint density at radius 1 is 1.47 bits per heavy atom. The van der Waals surface area contributed by atoms with Crippen molar-refractivity contribution in [2.45, 2.75) is 0 Å². The number of aromatic nitrogens is 1. The number of hydrogen-bond acceptors (Lipinski definition) is 4. The Balaban J connectivity index is 2.64. The maximum atomic E-state index is 13.6. The van der Waals surface area contributed by atoms with Gasteiger partial charge in [-0.3, -0.25) is 0 Å². The van der Waals surface area contributed by atoms with Gasteiger partial charge in [0.25, 0.3) is 0 Å². The molecule has 0 saturated heterocycles. The number of benzene rings is 1. The molecule has 2 rings (SSSR count). The lowest BCUT2D eigenvalue weighted by molar-refractivity contribution is 0.0595. The van der Waals surface area contributed by atoms with E-state index in [4.69, 9.17) is 12.2 Å². The second-order valence-corrected chi connectivity index (χ2v) is 4.88. The molecule has 1 N–H and O–H groups in total. The predicted molar refractivity (Wildman–Crippen MR) is 66.2 cm³/mol. The van der Waals surface area contributed by atoms with E-state index in [0.717, 1.165) is 11.3 Å². The van der Waals surface area contributed by atoms with Gasteiger partial charge in [0.05, 0.1) is 12.0 Å². The van der Waals surface area contributed by atoms with Crippen LogP contribution < -0.4 is 0 Å². The van der Waals surface area contributed by atoms with Gasteiger partial charge in [-0.05, 0) is 18.3 Å². The molecule has 0 radical (unpaired) electrons. The lowest BCUT2D eigenvalue weighted by atomic mass is 10.1. The number of ether oxygens (including phenoxy) is 1. The van der Waals surface area contributed by atoms with E-state index in [1.165, 1.54) is 13.2 Å². The molecular weight excluding hydrogens is 261 g/mol. The van der Waals surface area contributed by atoms with E-state index < -0.39 is 11.8 Å². The van der Waals surface area contributed by atoms with Crippen LogP contribution in [0, 0.1) is 9.77 Å². The first-order chi connectivity index (χ1) is 8.13. The fourth-order valence-electron chi connectivity index (χ4n) is 1.41. The summed E-state index contributed by atoms with van der Waals surface area (Å²) in [6, 6.07) is 6.21. The molecule has 1 heterocycles. The lowest BCUT2D eigenvalue weighted by Gasteiger charge is -2.02. The third-order valence-corrected chi connectivity index (χ3v) is 3.42. The van der Waals surface area contributed by atoms with Crippen molar-refractivity contribution in [1.29, 1.82) is 0 Å². The molecule has 0 atom stereocenters. The molecule has 0 amide bonds. The molecule has 0 aliphatic rings. The van der Waals surface area contributed by atoms with Gasteiger partial charge in [0.2, 0.25) is 0 Å². The number of thiazole rings is 1. The topological polar surface area (TPSA) is 42.1 Å². The lowest BCUT2D eigenvalue weighted by Crippen LogP contribution is -2.03. The van der Waals surface area contributed by atoms with Gasteiger partial charge in [0.1, 0.15) is 11.5 Å². The fourth-order valence-corrected chi connectivity index (χ4v) is 2.61. The zero-order valence-electron chi connectivity index (χ0n) is 8.82. The number of nitrogens with one attached hydrogen (secondary N) is 1. The molecule has 0 aliphatic carbocycles. The SMILES string of the molecule is COC(=O)c1[nH]c(=S)sc1-c1ccccc1F. The number of carbonyl (C=O) groups is 1. The van der Waals surface area contributed by atoms with E-state index in [1.807, 2.05) is 0 Å². The summed E-state index contributed by atoms with van der Waals surface area (Å²) in [5, 5.41) is 0. The molecule has 2 aromatic rings. The van der Waals surface area contributed by atoms with Crippen LogP contribution >= 0.6 is 23.6 Å². The van der Waals surface area contributed by atoms with Crippen molar-refractivity contribution in [3.63, 3.8) is 0 Å². The van der Waals surface area contributed by atoms with Gasteiger partial charge in [0, 0.05) is 5.56 Å². The Hall–Kier alpha value is -1.53. The highest BCUT2D eigenvalue weighted by molar-refractivity contribution is 7.73. The van der Waals surface area contributed by atoms with Gasteiger partial charge in [-0.15, -0.1) is 11.3 Å². The van der Waals surface area contributed by atoms with Crippen molar-refractivity contribution < 1.29 is 13.9 Å². The van der Waals surface area contributed by atoms with Crippen LogP contribution in [0.2, 0.25) is 0 Å². The zero-order chi connectivity index (χ0) is 12.4. The smallest absolute Gasteiger partial charge is 0.356 e. The molecule has 0 saturated carbocycles. The summed E-state index contributed by atoms with van der Waals surface area (Å²) in [5.41, 5.74) is 0.526. The van der Waals surface area contributed by atoms with Crippen LogP contribution in [-0.4, -0.2) is 18.1 Å². The minimum absolute atomic E-state index is 0.188. The van der Waals surface area contributed by atoms with Crippen LogP contribution in [0.3, 0.4) is 0 Å². The second kappa shape index (κ2) is 4.77. The largest absolute Gasteiger partial charge is 0.464 e. The Morgan fingerprint density at radius 2 is 2.18 bits per heavy atom. The number of hydrogen-bond donors (Lipinski definition) is 1. The van der Waals surface area contributed by atoms with E-state index in [0.29, 0.717) is 14.4 Å². The number of rotatable bonds is 2. The van der Waals surface area contributed by atoms with E-state index >= 15 is 0 Å². The highest BCUT2D eigenvalue weighted by Gasteiger charge is 2.18. The first-order valence-corrected chi connectivity index (χ1v) is 5.92. The summed E-state index contributed by atoms with van der Waals surface area (Å²) in [6.45, 7) is 0. The third-order valence-electron chi connectivity index (χ3n) is 2.16. The normalized spacial score (nSPS) is 10.2. The monoisotopic (exact) mass is 269 g/mol. The van der Waals surface area contributed by atoms with E-state index in [-0.39, 0.29) is 5.69 Å². The highest BCUT2D eigenvalue weighted by Crippen LogP contribution is 2.30. The maximum absolute atomic E-state index is 13.6. The number of esters is 1. The maximum Gasteiger partial charge on any atom is 0.356 e. The summed E-state index contributed by atoms with van der Waals surface area (Å²) in [4.78, 5) is 14.7. The van der Waals surface area contributed by atoms with Crippen LogP contribution in [0.1, 0.15) is 10.5 Å². The van der Waals surface area contributed by atoms with Crippen LogP contribution in [0.5, 0.6) is 0 Å². The quantitative estimate of drug-likeness (QED) is 0.671. The van der Waals surface area contributed by atoms with Crippen molar-refractivity contribution in [3.8, 4) is 10.4 Å². The van der Waals surface area contributed by atoms with Crippen molar-refractivity contribution >= 4 is 29.5 Å². The summed E-state index contributed by atoms with van der Waals surface area (Å²) < 4.78 is 18.7. The van der Waals surface area contributed by atoms with Crippen molar-refractivity contribution in [2.24, 2.45) is 0 Å². The van der Waals surface area contributed by atoms with Crippen LogP contribution in [0.15, 0.2) is 24.3 Å². The van der Waals surface area contributed by atoms with Crippen LogP contribution in [0.4, 0.5) is 4.39 Å². The van der Waals surface area contributed by atoms with Crippen LogP contribution in [-0.2, 0) is 4.74 Å². The summed E-state index contributed by atoms with van der Waals surface area (Å²) in [5.74, 6) is -0.960. The standard InChI is InChI=1S/C11H8FNO2S2/c1-15-10(14)8-9(17-11(16)13-8)6-4-2-3-5-7(6)12/h2-5H,1H3,(H,13,16). The average molecular weight is 269 g/mol. The zero-order valence-corrected chi connectivity index (χ0v) is 10.5.